The number of rotatable bonds is 7. The molecule has 0 amide bonds. The van der Waals surface area contributed by atoms with E-state index in [1.165, 1.54) is 25.7 Å². The summed E-state index contributed by atoms with van der Waals surface area (Å²) in [6.07, 6.45) is 4.92. The fourth-order valence-corrected chi connectivity index (χ4v) is 2.49. The van der Waals surface area contributed by atoms with Gasteiger partial charge in [0.15, 0.2) is 0 Å². The summed E-state index contributed by atoms with van der Waals surface area (Å²) in [6.45, 7) is 3.97. The number of aliphatic hydroxyl groups excluding tert-OH is 1. The molecule has 0 radical (unpaired) electrons. The average Bonchev–Trinajstić information content (AvgIpc) is 3.11. The Hall–Kier alpha value is -0.860. The second-order valence-corrected chi connectivity index (χ2v) is 5.31. The summed E-state index contributed by atoms with van der Waals surface area (Å²) >= 11 is 0. The second kappa shape index (κ2) is 5.65. The van der Waals surface area contributed by atoms with E-state index in [2.05, 4.69) is 12.2 Å². The van der Waals surface area contributed by atoms with Gasteiger partial charge in [0.1, 0.15) is 0 Å². The molecule has 2 nitrogen and oxygen atoms in total. The highest BCUT2D eigenvalue weighted by Crippen LogP contribution is 2.48. The molecule has 2 N–H and O–H groups in total. The number of benzene rings is 1. The van der Waals surface area contributed by atoms with Gasteiger partial charge in [0.25, 0.3) is 0 Å². The van der Waals surface area contributed by atoms with E-state index >= 15 is 0 Å². The van der Waals surface area contributed by atoms with E-state index < -0.39 is 0 Å². The van der Waals surface area contributed by atoms with Gasteiger partial charge < -0.3 is 10.4 Å². The van der Waals surface area contributed by atoms with Gasteiger partial charge in [-0.25, -0.2) is 0 Å². The van der Waals surface area contributed by atoms with Crippen molar-refractivity contribution >= 4 is 0 Å². The Kier molecular flexibility index (Phi) is 4.19. The van der Waals surface area contributed by atoms with Crippen LogP contribution in [0.15, 0.2) is 30.3 Å². The standard InChI is InChI=1S/C15H23NO/c1-2-8-15(9-10-15)12-16-11-14(17)13-6-4-3-5-7-13/h3-7,14,16-17H,2,8-12H2,1H3. The highest BCUT2D eigenvalue weighted by Gasteiger charge is 2.40. The summed E-state index contributed by atoms with van der Waals surface area (Å²) in [6, 6.07) is 9.87. The normalized spacial score (nSPS) is 18.9. The molecule has 0 aliphatic heterocycles. The molecule has 1 unspecified atom stereocenters. The largest absolute Gasteiger partial charge is 0.387 e. The molecule has 1 fully saturated rings. The maximum atomic E-state index is 10.0. The zero-order chi connectivity index (χ0) is 12.1. The van der Waals surface area contributed by atoms with Crippen molar-refractivity contribution in [2.24, 2.45) is 5.41 Å². The number of nitrogens with one attached hydrogen (secondary N) is 1. The Bertz CT molecular complexity index is 332. The highest BCUT2D eigenvalue weighted by molar-refractivity contribution is 5.17. The Labute approximate surface area is 104 Å². The van der Waals surface area contributed by atoms with Crippen LogP contribution in [0.1, 0.15) is 44.3 Å². The average molecular weight is 233 g/mol. The van der Waals surface area contributed by atoms with Gasteiger partial charge in [-0.15, -0.1) is 0 Å². The molecule has 0 bridgehead atoms. The molecule has 1 saturated carbocycles. The Morgan fingerprint density at radius 3 is 2.59 bits per heavy atom. The van der Waals surface area contributed by atoms with Crippen molar-refractivity contribution in [1.29, 1.82) is 0 Å². The van der Waals surface area contributed by atoms with E-state index in [1.54, 1.807) is 0 Å². The molecule has 17 heavy (non-hydrogen) atoms. The van der Waals surface area contributed by atoms with E-state index in [9.17, 15) is 5.11 Å². The maximum Gasteiger partial charge on any atom is 0.0914 e. The zero-order valence-electron chi connectivity index (χ0n) is 10.7. The fraction of sp³-hybridized carbons (Fsp3) is 0.600. The molecule has 0 saturated heterocycles. The third-order valence-corrected chi connectivity index (χ3v) is 3.76. The molecule has 1 aliphatic rings. The van der Waals surface area contributed by atoms with Gasteiger partial charge in [-0.1, -0.05) is 43.7 Å². The van der Waals surface area contributed by atoms with Crippen LogP contribution in [0, 0.1) is 5.41 Å². The first kappa shape index (κ1) is 12.6. The van der Waals surface area contributed by atoms with Crippen LogP contribution < -0.4 is 5.32 Å². The van der Waals surface area contributed by atoms with Crippen LogP contribution in [-0.2, 0) is 0 Å². The lowest BCUT2D eigenvalue weighted by atomic mass is 10.0. The quantitative estimate of drug-likeness (QED) is 0.759. The fourth-order valence-electron chi connectivity index (χ4n) is 2.49. The van der Waals surface area contributed by atoms with Gasteiger partial charge in [0.05, 0.1) is 6.10 Å². The van der Waals surface area contributed by atoms with Crippen LogP contribution in [0.5, 0.6) is 0 Å². The van der Waals surface area contributed by atoms with Crippen molar-refractivity contribution in [1.82, 2.24) is 5.32 Å². The summed E-state index contributed by atoms with van der Waals surface area (Å²) in [7, 11) is 0. The minimum Gasteiger partial charge on any atom is -0.387 e. The molecule has 2 rings (SSSR count). The summed E-state index contributed by atoms with van der Waals surface area (Å²) in [4.78, 5) is 0. The minimum absolute atomic E-state index is 0.381. The number of aliphatic hydroxyl groups is 1. The topological polar surface area (TPSA) is 32.3 Å². The third-order valence-electron chi connectivity index (χ3n) is 3.76. The summed E-state index contributed by atoms with van der Waals surface area (Å²) in [5.74, 6) is 0. The van der Waals surface area contributed by atoms with E-state index in [-0.39, 0.29) is 6.10 Å². The molecule has 0 spiro atoms. The monoisotopic (exact) mass is 233 g/mol. The van der Waals surface area contributed by atoms with Crippen LogP contribution in [0.2, 0.25) is 0 Å². The Morgan fingerprint density at radius 2 is 2.00 bits per heavy atom. The predicted molar refractivity (Wildman–Crippen MR) is 70.8 cm³/mol. The van der Waals surface area contributed by atoms with Gasteiger partial charge in [-0.2, -0.15) is 0 Å². The van der Waals surface area contributed by atoms with E-state index in [0.717, 1.165) is 12.1 Å². The molecule has 1 aromatic carbocycles. The molecule has 1 aliphatic carbocycles. The zero-order valence-corrected chi connectivity index (χ0v) is 10.7. The predicted octanol–water partition coefficient (Wildman–Crippen LogP) is 2.89. The summed E-state index contributed by atoms with van der Waals surface area (Å²) in [5, 5.41) is 13.4. The summed E-state index contributed by atoms with van der Waals surface area (Å²) in [5.41, 5.74) is 1.56. The lowest BCUT2D eigenvalue weighted by Gasteiger charge is -2.17. The van der Waals surface area contributed by atoms with Crippen molar-refractivity contribution in [3.8, 4) is 0 Å². The Morgan fingerprint density at radius 1 is 1.29 bits per heavy atom. The highest BCUT2D eigenvalue weighted by atomic mass is 16.3. The summed E-state index contributed by atoms with van der Waals surface area (Å²) < 4.78 is 0. The van der Waals surface area contributed by atoms with Crippen molar-refractivity contribution in [2.75, 3.05) is 13.1 Å². The van der Waals surface area contributed by atoms with Gasteiger partial charge in [-0.05, 0) is 30.2 Å². The SMILES string of the molecule is CCCC1(CNCC(O)c2ccccc2)CC1. The van der Waals surface area contributed by atoms with Crippen LogP contribution >= 0.6 is 0 Å². The van der Waals surface area contributed by atoms with Crippen molar-refractivity contribution in [3.05, 3.63) is 35.9 Å². The van der Waals surface area contributed by atoms with Crippen LogP contribution in [-0.4, -0.2) is 18.2 Å². The van der Waals surface area contributed by atoms with E-state index in [1.807, 2.05) is 30.3 Å². The maximum absolute atomic E-state index is 10.0. The van der Waals surface area contributed by atoms with Crippen molar-refractivity contribution in [3.63, 3.8) is 0 Å². The van der Waals surface area contributed by atoms with Crippen LogP contribution in [0.3, 0.4) is 0 Å². The first-order chi connectivity index (χ1) is 8.26. The van der Waals surface area contributed by atoms with Gasteiger partial charge in [0.2, 0.25) is 0 Å². The first-order valence-electron chi connectivity index (χ1n) is 6.69. The van der Waals surface area contributed by atoms with Crippen molar-refractivity contribution < 1.29 is 5.11 Å². The smallest absolute Gasteiger partial charge is 0.0914 e. The molecule has 1 aromatic rings. The third kappa shape index (κ3) is 3.55. The lowest BCUT2D eigenvalue weighted by molar-refractivity contribution is 0.171. The van der Waals surface area contributed by atoms with Gasteiger partial charge in [0, 0.05) is 13.1 Å². The number of hydrogen-bond acceptors (Lipinski definition) is 2. The van der Waals surface area contributed by atoms with Gasteiger partial charge >= 0.3 is 0 Å². The molecular formula is C15H23NO. The lowest BCUT2D eigenvalue weighted by Crippen LogP contribution is -2.28. The Balaban J connectivity index is 1.72. The molecule has 94 valence electrons. The van der Waals surface area contributed by atoms with E-state index in [4.69, 9.17) is 0 Å². The molecule has 1 atom stereocenters. The first-order valence-corrected chi connectivity index (χ1v) is 6.69. The van der Waals surface area contributed by atoms with Gasteiger partial charge in [-0.3, -0.25) is 0 Å². The van der Waals surface area contributed by atoms with Crippen LogP contribution in [0.4, 0.5) is 0 Å². The molecule has 0 aromatic heterocycles. The van der Waals surface area contributed by atoms with Crippen molar-refractivity contribution in [2.45, 2.75) is 38.7 Å². The second-order valence-electron chi connectivity index (χ2n) is 5.31. The molecule has 2 heteroatoms. The minimum atomic E-state index is -0.381. The van der Waals surface area contributed by atoms with Crippen LogP contribution in [0.25, 0.3) is 0 Å². The molecular weight excluding hydrogens is 210 g/mol. The molecule has 0 heterocycles. The van der Waals surface area contributed by atoms with E-state index in [0.29, 0.717) is 12.0 Å². The number of hydrogen-bond donors (Lipinski definition) is 2.